The molecule has 5 heteroatoms. The Kier molecular flexibility index (Phi) is 4.58. The fourth-order valence-corrected chi connectivity index (χ4v) is 4.78. The lowest BCUT2D eigenvalue weighted by Crippen LogP contribution is -2.24. The van der Waals surface area contributed by atoms with E-state index in [0.717, 1.165) is 28.0 Å². The summed E-state index contributed by atoms with van der Waals surface area (Å²) >= 11 is 0. The Balaban J connectivity index is 1.64. The zero-order valence-electron chi connectivity index (χ0n) is 16.6. The Bertz CT molecular complexity index is 1090. The molecule has 0 spiro atoms. The van der Waals surface area contributed by atoms with Gasteiger partial charge in [0.2, 0.25) is 0 Å². The number of ether oxygens (including phenoxy) is 3. The number of aliphatic carboxylic acids is 1. The first-order valence-corrected chi connectivity index (χ1v) is 10.0. The zero-order chi connectivity index (χ0) is 20.7. The number of rotatable bonds is 4. The van der Waals surface area contributed by atoms with Crippen LogP contribution in [0.3, 0.4) is 0 Å². The van der Waals surface area contributed by atoms with Crippen molar-refractivity contribution in [2.75, 3.05) is 20.3 Å². The molecule has 1 aliphatic heterocycles. The Hall–Kier alpha value is -3.47. The van der Waals surface area contributed by atoms with E-state index in [1.807, 2.05) is 66.7 Å². The largest absolute Gasteiger partial charge is 0.497 e. The maximum atomic E-state index is 12.6. The molecule has 0 aromatic heterocycles. The van der Waals surface area contributed by atoms with Crippen molar-refractivity contribution in [3.63, 3.8) is 0 Å². The number of carbonyl (C=O) groups is 1. The van der Waals surface area contributed by atoms with Gasteiger partial charge in [0.25, 0.3) is 0 Å². The summed E-state index contributed by atoms with van der Waals surface area (Å²) in [5, 5.41) is 10.3. The maximum Gasteiger partial charge on any atom is 0.308 e. The topological polar surface area (TPSA) is 65.0 Å². The van der Waals surface area contributed by atoms with Gasteiger partial charge in [-0.25, -0.2) is 0 Å². The van der Waals surface area contributed by atoms with Gasteiger partial charge < -0.3 is 19.3 Å². The van der Waals surface area contributed by atoms with E-state index in [1.165, 1.54) is 0 Å². The zero-order valence-corrected chi connectivity index (χ0v) is 16.6. The molecule has 3 aromatic rings. The summed E-state index contributed by atoms with van der Waals surface area (Å²) in [6.07, 6.45) is 0. The average molecular weight is 402 g/mol. The van der Waals surface area contributed by atoms with Gasteiger partial charge in [0.05, 0.1) is 13.0 Å². The Morgan fingerprint density at radius 2 is 1.47 bits per heavy atom. The first-order valence-electron chi connectivity index (χ1n) is 10.0. The number of carboxylic acid groups (broad SMARTS) is 1. The van der Waals surface area contributed by atoms with Crippen molar-refractivity contribution in [1.82, 2.24) is 0 Å². The Morgan fingerprint density at radius 1 is 0.867 bits per heavy atom. The molecule has 0 amide bonds. The van der Waals surface area contributed by atoms with Crippen LogP contribution in [-0.4, -0.2) is 31.4 Å². The second-order valence-corrected chi connectivity index (χ2v) is 7.62. The highest BCUT2D eigenvalue weighted by Crippen LogP contribution is 2.53. The van der Waals surface area contributed by atoms with E-state index in [1.54, 1.807) is 7.11 Å². The van der Waals surface area contributed by atoms with Crippen molar-refractivity contribution >= 4 is 5.97 Å². The Morgan fingerprint density at radius 3 is 2.10 bits per heavy atom. The summed E-state index contributed by atoms with van der Waals surface area (Å²) in [6.45, 7) is 1.02. The molecule has 1 heterocycles. The van der Waals surface area contributed by atoms with Crippen LogP contribution in [0.25, 0.3) is 0 Å². The van der Waals surface area contributed by atoms with Gasteiger partial charge in [-0.15, -0.1) is 0 Å². The van der Waals surface area contributed by atoms with Crippen LogP contribution in [0.4, 0.5) is 0 Å². The van der Waals surface area contributed by atoms with Gasteiger partial charge in [0.15, 0.2) is 11.5 Å². The molecule has 5 rings (SSSR count). The minimum absolute atomic E-state index is 0.247. The van der Waals surface area contributed by atoms with Crippen LogP contribution in [0, 0.1) is 5.92 Å². The number of hydrogen-bond donors (Lipinski definition) is 1. The molecule has 30 heavy (non-hydrogen) atoms. The van der Waals surface area contributed by atoms with Crippen LogP contribution in [0.2, 0.25) is 0 Å². The number of methoxy groups -OCH3 is 1. The summed E-state index contributed by atoms with van der Waals surface area (Å²) in [7, 11) is 1.62. The lowest BCUT2D eigenvalue weighted by atomic mass is 9.79. The second kappa shape index (κ2) is 7.41. The molecular formula is C25H22O5. The monoisotopic (exact) mass is 402 g/mol. The SMILES string of the molecule is COc1ccc(C2c3ccccc3C(c3ccc4c(c3)OCCO4)C2C(=O)O)cc1. The lowest BCUT2D eigenvalue weighted by Gasteiger charge is -2.25. The van der Waals surface area contributed by atoms with Gasteiger partial charge in [-0.2, -0.15) is 0 Å². The van der Waals surface area contributed by atoms with Gasteiger partial charge in [-0.3, -0.25) is 4.79 Å². The van der Waals surface area contributed by atoms with Gasteiger partial charge in [0, 0.05) is 11.8 Å². The third-order valence-electron chi connectivity index (χ3n) is 6.07. The van der Waals surface area contributed by atoms with Crippen molar-refractivity contribution in [3.05, 3.63) is 89.0 Å². The fraction of sp³-hybridized carbons (Fsp3) is 0.240. The summed E-state index contributed by atoms with van der Waals surface area (Å²) in [4.78, 5) is 12.6. The van der Waals surface area contributed by atoms with Gasteiger partial charge >= 0.3 is 5.97 Å². The molecule has 5 nitrogen and oxygen atoms in total. The Labute approximate surface area is 174 Å². The summed E-state index contributed by atoms with van der Waals surface area (Å²) < 4.78 is 16.7. The van der Waals surface area contributed by atoms with Crippen LogP contribution >= 0.6 is 0 Å². The third kappa shape index (κ3) is 2.98. The molecule has 1 N–H and O–H groups in total. The number of carboxylic acids is 1. The fourth-order valence-electron chi connectivity index (χ4n) is 4.78. The first-order chi connectivity index (χ1) is 14.7. The molecule has 2 aliphatic rings. The quantitative estimate of drug-likeness (QED) is 0.699. The van der Waals surface area contributed by atoms with E-state index in [2.05, 4.69) is 0 Å². The second-order valence-electron chi connectivity index (χ2n) is 7.62. The number of benzene rings is 3. The summed E-state index contributed by atoms with van der Waals surface area (Å²) in [5.74, 6) is 0.165. The minimum atomic E-state index is -0.813. The van der Waals surface area contributed by atoms with Crippen molar-refractivity contribution in [1.29, 1.82) is 0 Å². The molecule has 3 unspecified atom stereocenters. The molecule has 0 saturated carbocycles. The predicted molar refractivity (Wildman–Crippen MR) is 112 cm³/mol. The summed E-state index contributed by atoms with van der Waals surface area (Å²) in [6, 6.07) is 21.5. The highest BCUT2D eigenvalue weighted by Gasteiger charge is 2.46. The molecule has 0 bridgehead atoms. The molecule has 152 valence electrons. The molecule has 3 aromatic carbocycles. The van der Waals surface area contributed by atoms with Crippen LogP contribution in [0.15, 0.2) is 66.7 Å². The highest BCUT2D eigenvalue weighted by molar-refractivity contribution is 5.78. The molecule has 0 radical (unpaired) electrons. The van der Waals surface area contributed by atoms with Crippen molar-refractivity contribution in [2.24, 2.45) is 5.92 Å². The minimum Gasteiger partial charge on any atom is -0.497 e. The van der Waals surface area contributed by atoms with E-state index >= 15 is 0 Å². The van der Waals surface area contributed by atoms with Gasteiger partial charge in [-0.05, 0) is 46.5 Å². The molecule has 1 aliphatic carbocycles. The number of hydrogen-bond acceptors (Lipinski definition) is 4. The van der Waals surface area contributed by atoms with Crippen LogP contribution in [-0.2, 0) is 4.79 Å². The van der Waals surface area contributed by atoms with Gasteiger partial charge in [-0.1, -0.05) is 42.5 Å². The first kappa shape index (κ1) is 18.6. The third-order valence-corrected chi connectivity index (χ3v) is 6.07. The standard InChI is InChI=1S/C25H22O5/c1-28-17-9-6-15(7-10-17)22-18-4-2-3-5-19(18)23(24(22)25(26)27)16-8-11-20-21(14-16)30-13-12-29-20/h2-11,14,22-24H,12-13H2,1H3,(H,26,27). The van der Waals surface area contributed by atoms with Crippen molar-refractivity contribution in [3.8, 4) is 17.2 Å². The molecule has 3 atom stereocenters. The van der Waals surface area contributed by atoms with Gasteiger partial charge in [0.1, 0.15) is 19.0 Å². The van der Waals surface area contributed by atoms with E-state index in [-0.39, 0.29) is 11.8 Å². The predicted octanol–water partition coefficient (Wildman–Crippen LogP) is 4.44. The van der Waals surface area contributed by atoms with E-state index in [4.69, 9.17) is 14.2 Å². The average Bonchev–Trinajstić information content (AvgIpc) is 3.14. The highest BCUT2D eigenvalue weighted by atomic mass is 16.6. The van der Waals surface area contributed by atoms with Crippen LogP contribution < -0.4 is 14.2 Å². The molecular weight excluding hydrogens is 380 g/mol. The molecule has 0 fully saturated rings. The normalized spacial score (nSPS) is 21.7. The lowest BCUT2D eigenvalue weighted by molar-refractivity contribution is -0.142. The maximum absolute atomic E-state index is 12.6. The van der Waals surface area contributed by atoms with E-state index in [9.17, 15) is 9.90 Å². The van der Waals surface area contributed by atoms with Crippen molar-refractivity contribution < 1.29 is 24.1 Å². The van der Waals surface area contributed by atoms with Crippen molar-refractivity contribution in [2.45, 2.75) is 11.8 Å². The van der Waals surface area contributed by atoms with Crippen LogP contribution in [0.1, 0.15) is 34.1 Å². The van der Waals surface area contributed by atoms with E-state index < -0.39 is 11.9 Å². The van der Waals surface area contributed by atoms with E-state index in [0.29, 0.717) is 24.7 Å². The summed E-state index contributed by atoms with van der Waals surface area (Å²) in [5.41, 5.74) is 3.99. The number of fused-ring (bicyclic) bond motifs is 2. The molecule has 0 saturated heterocycles. The van der Waals surface area contributed by atoms with Crippen LogP contribution in [0.5, 0.6) is 17.2 Å². The smallest absolute Gasteiger partial charge is 0.308 e.